The van der Waals surface area contributed by atoms with Crippen LogP contribution in [0.4, 0.5) is 0 Å². The second kappa shape index (κ2) is 3.13. The number of ether oxygens (including phenoxy) is 1. The molecule has 74 valence electrons. The van der Waals surface area contributed by atoms with Gasteiger partial charge >= 0.3 is 5.97 Å². The number of thiophene rings is 1. The van der Waals surface area contributed by atoms with Crippen LogP contribution >= 0.6 is 11.3 Å². The van der Waals surface area contributed by atoms with Crippen molar-refractivity contribution < 1.29 is 9.53 Å². The number of fused-ring (bicyclic) bond motifs is 1. The van der Waals surface area contributed by atoms with Gasteiger partial charge in [0.15, 0.2) is 0 Å². The Morgan fingerprint density at radius 3 is 2.79 bits per heavy atom. The molecule has 0 bridgehead atoms. The lowest BCUT2D eigenvalue weighted by molar-refractivity contribution is 0.0590. The summed E-state index contributed by atoms with van der Waals surface area (Å²) in [6, 6.07) is 3.95. The third kappa shape index (κ3) is 1.23. The maximum absolute atomic E-state index is 11.3. The monoisotopic (exact) mass is 209 g/mol. The van der Waals surface area contributed by atoms with Gasteiger partial charge in [-0.05, 0) is 19.1 Å². The van der Waals surface area contributed by atoms with E-state index in [-0.39, 0.29) is 5.97 Å². The number of carbonyl (C=O) groups excluding carboxylic acids is 1. The van der Waals surface area contributed by atoms with Crippen LogP contribution in [0.3, 0.4) is 0 Å². The zero-order valence-electron chi connectivity index (χ0n) is 8.33. The Morgan fingerprint density at radius 1 is 1.50 bits per heavy atom. The number of hydrogen-bond acceptors (Lipinski definition) is 3. The van der Waals surface area contributed by atoms with Crippen molar-refractivity contribution in [2.45, 2.75) is 6.92 Å². The van der Waals surface area contributed by atoms with Crippen LogP contribution in [0, 0.1) is 6.92 Å². The highest BCUT2D eigenvalue weighted by atomic mass is 32.1. The summed E-state index contributed by atoms with van der Waals surface area (Å²) < 4.78 is 7.69. The lowest BCUT2D eigenvalue weighted by Gasteiger charge is -2.00. The Bertz CT molecular complexity index is 495. The molecule has 0 saturated carbocycles. The van der Waals surface area contributed by atoms with E-state index >= 15 is 0 Å². The van der Waals surface area contributed by atoms with Crippen LogP contribution in [-0.2, 0) is 11.8 Å². The van der Waals surface area contributed by atoms with Gasteiger partial charge in [0.2, 0.25) is 0 Å². The van der Waals surface area contributed by atoms with Crippen LogP contribution < -0.4 is 0 Å². The minimum atomic E-state index is -0.284. The van der Waals surface area contributed by atoms with Crippen molar-refractivity contribution in [2.24, 2.45) is 7.05 Å². The van der Waals surface area contributed by atoms with Gasteiger partial charge < -0.3 is 9.30 Å². The minimum Gasteiger partial charge on any atom is -0.464 e. The van der Waals surface area contributed by atoms with Crippen molar-refractivity contribution in [1.29, 1.82) is 0 Å². The smallest absolute Gasteiger partial charge is 0.354 e. The summed E-state index contributed by atoms with van der Waals surface area (Å²) in [6.07, 6.45) is 0. The van der Waals surface area contributed by atoms with Gasteiger partial charge in [-0.1, -0.05) is 0 Å². The molecule has 4 heteroatoms. The van der Waals surface area contributed by atoms with Crippen LogP contribution in [0.2, 0.25) is 0 Å². The van der Waals surface area contributed by atoms with Crippen molar-refractivity contribution in [2.75, 3.05) is 7.11 Å². The van der Waals surface area contributed by atoms with Crippen LogP contribution in [0.5, 0.6) is 0 Å². The average molecular weight is 209 g/mol. The molecule has 0 unspecified atom stereocenters. The number of carbonyl (C=O) groups is 1. The van der Waals surface area contributed by atoms with E-state index in [4.69, 9.17) is 4.74 Å². The Labute approximate surface area is 85.9 Å². The molecule has 0 fully saturated rings. The van der Waals surface area contributed by atoms with E-state index in [0.717, 1.165) is 10.2 Å². The molecule has 0 aromatic carbocycles. The molecule has 0 N–H and O–H groups in total. The first-order valence-corrected chi connectivity index (χ1v) is 5.09. The number of esters is 1. The second-order valence-electron chi connectivity index (χ2n) is 3.19. The van der Waals surface area contributed by atoms with Gasteiger partial charge in [0, 0.05) is 11.9 Å². The molecule has 0 atom stereocenters. The summed E-state index contributed by atoms with van der Waals surface area (Å²) in [5.74, 6) is -0.284. The highest BCUT2D eigenvalue weighted by molar-refractivity contribution is 7.19. The first-order chi connectivity index (χ1) is 6.63. The van der Waals surface area contributed by atoms with Crippen molar-refractivity contribution in [3.63, 3.8) is 0 Å². The molecule has 2 heterocycles. The standard InChI is InChI=1S/C10H11NO2S/c1-6-4-7-9(14-6)5-8(11(7)2)10(12)13-3/h4-5H,1-3H3. The van der Waals surface area contributed by atoms with Crippen LogP contribution in [0.1, 0.15) is 15.4 Å². The lowest BCUT2D eigenvalue weighted by Crippen LogP contribution is -2.06. The maximum atomic E-state index is 11.3. The molecular weight excluding hydrogens is 198 g/mol. The Balaban J connectivity index is 2.64. The van der Waals surface area contributed by atoms with Gasteiger partial charge in [0.05, 0.1) is 17.3 Å². The average Bonchev–Trinajstić information content (AvgIpc) is 2.64. The number of aromatic nitrogens is 1. The number of methoxy groups -OCH3 is 1. The zero-order valence-corrected chi connectivity index (χ0v) is 9.14. The normalized spacial score (nSPS) is 10.8. The van der Waals surface area contributed by atoms with Gasteiger partial charge in [0.25, 0.3) is 0 Å². The predicted molar refractivity (Wildman–Crippen MR) is 56.9 cm³/mol. The van der Waals surface area contributed by atoms with Gasteiger partial charge in [-0.3, -0.25) is 0 Å². The van der Waals surface area contributed by atoms with Gasteiger partial charge in [0.1, 0.15) is 5.69 Å². The quantitative estimate of drug-likeness (QED) is 0.675. The predicted octanol–water partition coefficient (Wildman–Crippen LogP) is 2.33. The second-order valence-corrected chi connectivity index (χ2v) is 4.47. The highest BCUT2D eigenvalue weighted by Crippen LogP contribution is 2.27. The summed E-state index contributed by atoms with van der Waals surface area (Å²) in [6.45, 7) is 2.06. The summed E-state index contributed by atoms with van der Waals surface area (Å²) in [7, 11) is 3.27. The molecule has 0 saturated heterocycles. The fraction of sp³-hybridized carbons (Fsp3) is 0.300. The Morgan fingerprint density at radius 2 is 2.21 bits per heavy atom. The molecule has 0 aliphatic heterocycles. The van der Waals surface area contributed by atoms with Crippen LogP contribution in [0.15, 0.2) is 12.1 Å². The SMILES string of the molecule is COC(=O)c1cc2sc(C)cc2n1C. The molecule has 0 aliphatic rings. The van der Waals surface area contributed by atoms with E-state index in [0.29, 0.717) is 5.69 Å². The lowest BCUT2D eigenvalue weighted by atomic mass is 10.4. The first kappa shape index (κ1) is 9.27. The van der Waals surface area contributed by atoms with E-state index in [2.05, 4.69) is 13.0 Å². The Hall–Kier alpha value is -1.29. The van der Waals surface area contributed by atoms with Gasteiger partial charge in [-0.2, -0.15) is 0 Å². The number of nitrogens with zero attached hydrogens (tertiary/aromatic N) is 1. The fourth-order valence-electron chi connectivity index (χ4n) is 1.54. The number of rotatable bonds is 1. The van der Waals surface area contributed by atoms with Gasteiger partial charge in [-0.25, -0.2) is 4.79 Å². The molecule has 2 aromatic heterocycles. The van der Waals surface area contributed by atoms with Gasteiger partial charge in [-0.15, -0.1) is 11.3 Å². The Kier molecular flexibility index (Phi) is 2.07. The highest BCUT2D eigenvalue weighted by Gasteiger charge is 2.14. The van der Waals surface area contributed by atoms with E-state index in [1.54, 1.807) is 11.3 Å². The fourth-order valence-corrected chi connectivity index (χ4v) is 2.52. The number of hydrogen-bond donors (Lipinski definition) is 0. The zero-order chi connectivity index (χ0) is 10.3. The molecule has 0 amide bonds. The molecule has 0 spiro atoms. The summed E-state index contributed by atoms with van der Waals surface area (Å²) in [5.41, 5.74) is 1.70. The van der Waals surface area contributed by atoms with Crippen LogP contribution in [0.25, 0.3) is 10.2 Å². The van der Waals surface area contributed by atoms with E-state index < -0.39 is 0 Å². The van der Waals surface area contributed by atoms with E-state index in [1.807, 2.05) is 17.7 Å². The van der Waals surface area contributed by atoms with Crippen molar-refractivity contribution in [3.05, 3.63) is 22.7 Å². The molecule has 0 radical (unpaired) electrons. The summed E-state index contributed by atoms with van der Waals surface area (Å²) in [5, 5.41) is 0. The molecule has 14 heavy (non-hydrogen) atoms. The topological polar surface area (TPSA) is 31.2 Å². The van der Waals surface area contributed by atoms with Crippen molar-refractivity contribution in [1.82, 2.24) is 4.57 Å². The van der Waals surface area contributed by atoms with E-state index in [9.17, 15) is 4.79 Å². The van der Waals surface area contributed by atoms with E-state index in [1.165, 1.54) is 12.0 Å². The maximum Gasteiger partial charge on any atom is 0.354 e. The largest absolute Gasteiger partial charge is 0.464 e. The summed E-state index contributed by atoms with van der Waals surface area (Å²) >= 11 is 1.69. The third-order valence-corrected chi connectivity index (χ3v) is 3.24. The first-order valence-electron chi connectivity index (χ1n) is 4.27. The summed E-state index contributed by atoms with van der Waals surface area (Å²) in [4.78, 5) is 12.6. The third-order valence-electron chi connectivity index (χ3n) is 2.25. The molecule has 2 aromatic rings. The minimum absolute atomic E-state index is 0.284. The number of aryl methyl sites for hydroxylation is 2. The molecular formula is C10H11NO2S. The molecule has 2 rings (SSSR count). The molecule has 0 aliphatic carbocycles. The molecule has 3 nitrogen and oxygen atoms in total. The van der Waals surface area contributed by atoms with Crippen molar-refractivity contribution >= 4 is 27.5 Å². The van der Waals surface area contributed by atoms with Crippen molar-refractivity contribution in [3.8, 4) is 0 Å². The van der Waals surface area contributed by atoms with Crippen LogP contribution in [-0.4, -0.2) is 17.6 Å².